The molecule has 3 N–H and O–H groups in total. The number of ether oxygens (including phenoxy) is 1. The van der Waals surface area contributed by atoms with Crippen molar-refractivity contribution in [2.75, 3.05) is 18.5 Å². The fourth-order valence-electron chi connectivity index (χ4n) is 3.56. The summed E-state index contributed by atoms with van der Waals surface area (Å²) >= 11 is 0. The molecule has 8 nitrogen and oxygen atoms in total. The van der Waals surface area contributed by atoms with Crippen LogP contribution in [0.5, 0.6) is 0 Å². The Labute approximate surface area is 172 Å². The van der Waals surface area contributed by atoms with Gasteiger partial charge in [0.15, 0.2) is 0 Å². The maximum atomic E-state index is 12.0. The van der Waals surface area contributed by atoms with Crippen molar-refractivity contribution in [1.29, 1.82) is 0 Å². The van der Waals surface area contributed by atoms with Crippen LogP contribution in [0.1, 0.15) is 36.4 Å². The van der Waals surface area contributed by atoms with E-state index < -0.39 is 0 Å². The lowest BCUT2D eigenvalue weighted by atomic mass is 10.1. The molecule has 1 aliphatic heterocycles. The number of carbonyl (C=O) groups excluding carboxylic acids is 1. The molecule has 2 unspecified atom stereocenters. The minimum Gasteiger partial charge on any atom is -0.373 e. The molecule has 1 aromatic heterocycles. The summed E-state index contributed by atoms with van der Waals surface area (Å²) in [7, 11) is 0. The van der Waals surface area contributed by atoms with E-state index in [9.17, 15) is 4.79 Å². The van der Waals surface area contributed by atoms with Crippen molar-refractivity contribution in [2.45, 2.75) is 53.0 Å². The Kier molecular flexibility index (Phi) is 7.00. The van der Waals surface area contributed by atoms with Crippen LogP contribution in [0, 0.1) is 13.8 Å². The van der Waals surface area contributed by atoms with E-state index in [0.717, 1.165) is 36.6 Å². The van der Waals surface area contributed by atoms with Gasteiger partial charge in [0.2, 0.25) is 5.95 Å². The highest BCUT2D eigenvalue weighted by Crippen LogP contribution is 2.14. The zero-order valence-electron chi connectivity index (χ0n) is 17.5. The molecule has 0 bridgehead atoms. The molecule has 0 radical (unpaired) electrons. The fourth-order valence-corrected chi connectivity index (χ4v) is 3.56. The number of rotatable bonds is 6. The number of nitrogens with zero attached hydrogens (tertiary/aromatic N) is 3. The molecular formula is C21H30N6O2. The number of hydrogen-bond donors (Lipinski definition) is 3. The highest BCUT2D eigenvalue weighted by atomic mass is 16.5. The average molecular weight is 399 g/mol. The van der Waals surface area contributed by atoms with Crippen LogP contribution in [0.4, 0.5) is 10.7 Å². The van der Waals surface area contributed by atoms with Gasteiger partial charge in [0.25, 0.3) is 0 Å². The number of nitrogens with one attached hydrogen (secondary N) is 3. The minimum absolute atomic E-state index is 0.267. The van der Waals surface area contributed by atoms with E-state index in [1.165, 1.54) is 5.56 Å². The van der Waals surface area contributed by atoms with Gasteiger partial charge in [-0.25, -0.2) is 20.2 Å². The van der Waals surface area contributed by atoms with Gasteiger partial charge in [0.05, 0.1) is 12.2 Å². The summed E-state index contributed by atoms with van der Waals surface area (Å²) in [6.07, 6.45) is 0.534. The number of amides is 2. The Bertz CT molecular complexity index is 796. The number of hydrogen-bond acceptors (Lipinski definition) is 6. The first-order valence-corrected chi connectivity index (χ1v) is 9.95. The third-order valence-corrected chi connectivity index (χ3v) is 4.65. The van der Waals surface area contributed by atoms with Crippen molar-refractivity contribution < 1.29 is 9.53 Å². The van der Waals surface area contributed by atoms with E-state index in [1.54, 1.807) is 0 Å². The van der Waals surface area contributed by atoms with Gasteiger partial charge in [-0.3, -0.25) is 10.3 Å². The highest BCUT2D eigenvalue weighted by molar-refractivity contribution is 5.74. The molecule has 29 heavy (non-hydrogen) atoms. The number of morpholine rings is 1. The number of anilines is 1. The standard InChI is InChI=1S/C21H30N6O2/c1-14-9-15(2)24-20(23-14)25-26-21(28)22-10-18-5-7-19(8-6-18)13-27-11-16(3)29-17(4)12-27/h5-9,16-17H,10-13H2,1-4H3,(H2,22,26,28)(H,23,24,25). The molecule has 0 saturated carbocycles. The monoisotopic (exact) mass is 398 g/mol. The first kappa shape index (κ1) is 21.0. The van der Waals surface area contributed by atoms with Gasteiger partial charge in [-0.15, -0.1) is 0 Å². The minimum atomic E-state index is -0.340. The van der Waals surface area contributed by atoms with Gasteiger partial charge in [-0.05, 0) is 44.9 Å². The molecule has 8 heteroatoms. The van der Waals surface area contributed by atoms with Crippen molar-refractivity contribution in [3.05, 3.63) is 52.8 Å². The quantitative estimate of drug-likeness (QED) is 0.648. The van der Waals surface area contributed by atoms with Gasteiger partial charge in [0, 0.05) is 37.6 Å². The molecule has 1 aromatic carbocycles. The van der Waals surface area contributed by atoms with Crippen LogP contribution < -0.4 is 16.2 Å². The van der Waals surface area contributed by atoms with Crippen LogP contribution in [0.2, 0.25) is 0 Å². The molecular weight excluding hydrogens is 368 g/mol. The average Bonchev–Trinajstić information content (AvgIpc) is 2.64. The lowest BCUT2D eigenvalue weighted by Gasteiger charge is -2.35. The highest BCUT2D eigenvalue weighted by Gasteiger charge is 2.21. The number of hydrazine groups is 1. The van der Waals surface area contributed by atoms with E-state index in [2.05, 4.69) is 57.0 Å². The molecule has 2 aromatic rings. The Morgan fingerprint density at radius 1 is 1.07 bits per heavy atom. The van der Waals surface area contributed by atoms with Crippen LogP contribution >= 0.6 is 0 Å². The SMILES string of the molecule is Cc1cc(C)nc(NNC(=O)NCc2ccc(CN3CC(C)OC(C)C3)cc2)n1. The Balaban J connectivity index is 1.43. The largest absolute Gasteiger partial charge is 0.373 e. The summed E-state index contributed by atoms with van der Waals surface area (Å²) in [6, 6.07) is 9.85. The van der Waals surface area contributed by atoms with E-state index in [1.807, 2.05) is 32.0 Å². The Hall–Kier alpha value is -2.71. The zero-order chi connectivity index (χ0) is 20.8. The first-order valence-electron chi connectivity index (χ1n) is 9.95. The van der Waals surface area contributed by atoms with Crippen molar-refractivity contribution in [3.8, 4) is 0 Å². The van der Waals surface area contributed by atoms with Crippen molar-refractivity contribution in [2.24, 2.45) is 0 Å². The lowest BCUT2D eigenvalue weighted by molar-refractivity contribution is -0.0704. The molecule has 0 spiro atoms. The Morgan fingerprint density at radius 2 is 1.66 bits per heavy atom. The fraction of sp³-hybridized carbons (Fsp3) is 0.476. The molecule has 3 rings (SSSR count). The number of aryl methyl sites for hydroxylation is 2. The first-order chi connectivity index (χ1) is 13.9. The van der Waals surface area contributed by atoms with Crippen LogP contribution in [-0.4, -0.2) is 46.2 Å². The third-order valence-electron chi connectivity index (χ3n) is 4.65. The number of benzene rings is 1. The molecule has 1 saturated heterocycles. The topological polar surface area (TPSA) is 91.4 Å². The maximum absolute atomic E-state index is 12.0. The van der Waals surface area contributed by atoms with Crippen molar-refractivity contribution >= 4 is 12.0 Å². The van der Waals surface area contributed by atoms with Crippen molar-refractivity contribution in [1.82, 2.24) is 25.6 Å². The van der Waals surface area contributed by atoms with E-state index in [-0.39, 0.29) is 18.2 Å². The summed E-state index contributed by atoms with van der Waals surface area (Å²) in [4.78, 5) is 22.8. The van der Waals surface area contributed by atoms with Gasteiger partial charge in [0.1, 0.15) is 0 Å². The van der Waals surface area contributed by atoms with Crippen LogP contribution in [0.3, 0.4) is 0 Å². The molecule has 1 aliphatic rings. The molecule has 156 valence electrons. The summed E-state index contributed by atoms with van der Waals surface area (Å²) in [5.41, 5.74) is 9.25. The Morgan fingerprint density at radius 3 is 2.28 bits per heavy atom. The van der Waals surface area contributed by atoms with Gasteiger partial charge in [-0.2, -0.15) is 0 Å². The summed E-state index contributed by atoms with van der Waals surface area (Å²) in [5.74, 6) is 0.369. The van der Waals surface area contributed by atoms with E-state index in [4.69, 9.17) is 4.74 Å². The number of urea groups is 1. The molecule has 0 aliphatic carbocycles. The lowest BCUT2D eigenvalue weighted by Crippen LogP contribution is -2.44. The number of aromatic nitrogens is 2. The van der Waals surface area contributed by atoms with E-state index in [0.29, 0.717) is 12.5 Å². The number of carbonyl (C=O) groups is 1. The maximum Gasteiger partial charge on any atom is 0.333 e. The predicted octanol–water partition coefficient (Wildman–Crippen LogP) is 2.53. The van der Waals surface area contributed by atoms with Crippen LogP contribution in [0.15, 0.2) is 30.3 Å². The normalized spacial score (nSPS) is 19.6. The summed E-state index contributed by atoms with van der Waals surface area (Å²) in [6.45, 7) is 11.2. The van der Waals surface area contributed by atoms with Gasteiger partial charge in [-0.1, -0.05) is 24.3 Å². The zero-order valence-corrected chi connectivity index (χ0v) is 17.5. The van der Waals surface area contributed by atoms with Crippen LogP contribution in [-0.2, 0) is 17.8 Å². The molecule has 2 heterocycles. The molecule has 2 atom stereocenters. The predicted molar refractivity (Wildman–Crippen MR) is 112 cm³/mol. The van der Waals surface area contributed by atoms with E-state index >= 15 is 0 Å². The van der Waals surface area contributed by atoms with Crippen LogP contribution in [0.25, 0.3) is 0 Å². The summed E-state index contributed by atoms with van der Waals surface area (Å²) < 4.78 is 5.79. The smallest absolute Gasteiger partial charge is 0.333 e. The summed E-state index contributed by atoms with van der Waals surface area (Å²) in [5, 5.41) is 2.82. The van der Waals surface area contributed by atoms with Gasteiger partial charge < -0.3 is 10.1 Å². The molecule has 2 amide bonds. The second-order valence-corrected chi connectivity index (χ2v) is 7.67. The van der Waals surface area contributed by atoms with Crippen molar-refractivity contribution in [3.63, 3.8) is 0 Å². The molecule has 1 fully saturated rings. The van der Waals surface area contributed by atoms with Gasteiger partial charge >= 0.3 is 6.03 Å². The second-order valence-electron chi connectivity index (χ2n) is 7.67. The third kappa shape index (κ3) is 6.69. The second kappa shape index (κ2) is 9.67.